The molecule has 0 aromatic heterocycles. The highest BCUT2D eigenvalue weighted by atomic mass is 16.5. The van der Waals surface area contributed by atoms with E-state index in [-0.39, 0.29) is 17.6 Å². The number of nitrogens with two attached hydrogens (primary N) is 1. The van der Waals surface area contributed by atoms with Crippen LogP contribution in [0.4, 0.5) is 0 Å². The van der Waals surface area contributed by atoms with Gasteiger partial charge in [0, 0.05) is 38.2 Å². The summed E-state index contributed by atoms with van der Waals surface area (Å²) in [7, 11) is 0. The van der Waals surface area contributed by atoms with Gasteiger partial charge in [-0.1, -0.05) is 0 Å². The van der Waals surface area contributed by atoms with E-state index >= 15 is 0 Å². The molecule has 0 radical (unpaired) electrons. The van der Waals surface area contributed by atoms with Crippen LogP contribution in [-0.2, 0) is 14.3 Å². The number of carbonyl (C=O) groups excluding carboxylic acids is 1. The molecule has 19 heavy (non-hydrogen) atoms. The maximum Gasteiger partial charge on any atom is 0.137 e. The van der Waals surface area contributed by atoms with E-state index in [9.17, 15) is 4.79 Å². The van der Waals surface area contributed by atoms with Gasteiger partial charge in [0.05, 0.1) is 5.60 Å². The van der Waals surface area contributed by atoms with Crippen LogP contribution in [0.5, 0.6) is 0 Å². The molecule has 4 heteroatoms. The highest BCUT2D eigenvalue weighted by molar-refractivity contribution is 5.81. The number of Topliss-reactive ketones (excluding diaryl/α,β-unsaturated/α-hetero) is 1. The van der Waals surface area contributed by atoms with E-state index in [4.69, 9.17) is 15.2 Å². The van der Waals surface area contributed by atoms with E-state index in [1.54, 1.807) is 0 Å². The molecule has 2 saturated heterocycles. The average Bonchev–Trinajstić information content (AvgIpc) is 3.24. The van der Waals surface area contributed by atoms with Crippen molar-refractivity contribution in [3.63, 3.8) is 0 Å². The van der Waals surface area contributed by atoms with Crippen molar-refractivity contribution in [2.24, 2.45) is 17.6 Å². The van der Waals surface area contributed by atoms with Gasteiger partial charge in [-0.2, -0.15) is 0 Å². The molecule has 0 aromatic rings. The van der Waals surface area contributed by atoms with Gasteiger partial charge >= 0.3 is 0 Å². The molecule has 4 nitrogen and oxygen atoms in total. The Morgan fingerprint density at radius 1 is 1.21 bits per heavy atom. The molecule has 0 aromatic carbocycles. The molecule has 3 aliphatic rings. The van der Waals surface area contributed by atoms with Crippen molar-refractivity contribution in [3.05, 3.63) is 0 Å². The highest BCUT2D eigenvalue weighted by Gasteiger charge is 2.41. The van der Waals surface area contributed by atoms with E-state index < -0.39 is 0 Å². The van der Waals surface area contributed by atoms with E-state index in [2.05, 4.69) is 0 Å². The van der Waals surface area contributed by atoms with Gasteiger partial charge in [0.1, 0.15) is 5.78 Å². The number of ether oxygens (including phenoxy) is 2. The van der Waals surface area contributed by atoms with Gasteiger partial charge in [0.2, 0.25) is 0 Å². The minimum absolute atomic E-state index is 0.0828. The summed E-state index contributed by atoms with van der Waals surface area (Å²) in [6, 6.07) is 0.0981. The zero-order valence-corrected chi connectivity index (χ0v) is 11.6. The van der Waals surface area contributed by atoms with E-state index in [0.717, 1.165) is 45.5 Å². The molecule has 1 spiro atoms. The molecular weight excluding hydrogens is 242 g/mol. The minimum Gasteiger partial charge on any atom is -0.381 e. The molecule has 108 valence electrons. The Morgan fingerprint density at radius 2 is 1.95 bits per heavy atom. The van der Waals surface area contributed by atoms with Crippen LogP contribution in [0.1, 0.15) is 44.9 Å². The maximum absolute atomic E-state index is 12.4. The summed E-state index contributed by atoms with van der Waals surface area (Å²) in [6.07, 6.45) is 6.62. The Balaban J connectivity index is 1.56. The first-order chi connectivity index (χ1) is 9.19. The number of hydrogen-bond acceptors (Lipinski definition) is 4. The number of hydrogen-bond donors (Lipinski definition) is 1. The molecule has 2 atom stereocenters. The summed E-state index contributed by atoms with van der Waals surface area (Å²) in [4.78, 5) is 12.4. The summed E-state index contributed by atoms with van der Waals surface area (Å²) in [5.41, 5.74) is 6.00. The van der Waals surface area contributed by atoms with Crippen LogP contribution < -0.4 is 5.73 Å². The lowest BCUT2D eigenvalue weighted by molar-refractivity contribution is -0.157. The zero-order valence-electron chi connectivity index (χ0n) is 11.6. The van der Waals surface area contributed by atoms with Gasteiger partial charge in [-0.3, -0.25) is 4.79 Å². The Morgan fingerprint density at radius 3 is 2.63 bits per heavy atom. The molecular formula is C15H25NO3. The second-order valence-electron chi connectivity index (χ2n) is 6.51. The lowest BCUT2D eigenvalue weighted by Gasteiger charge is -2.43. The van der Waals surface area contributed by atoms with Crippen LogP contribution in [0.3, 0.4) is 0 Å². The topological polar surface area (TPSA) is 61.6 Å². The van der Waals surface area contributed by atoms with Crippen LogP contribution in [0.2, 0.25) is 0 Å². The first-order valence-electron chi connectivity index (χ1n) is 7.69. The first-order valence-corrected chi connectivity index (χ1v) is 7.69. The molecule has 1 aliphatic carbocycles. The van der Waals surface area contributed by atoms with Crippen LogP contribution in [0.15, 0.2) is 0 Å². The first kappa shape index (κ1) is 13.5. The monoisotopic (exact) mass is 267 g/mol. The van der Waals surface area contributed by atoms with Crippen LogP contribution >= 0.6 is 0 Å². The van der Waals surface area contributed by atoms with E-state index in [0.29, 0.717) is 18.1 Å². The second-order valence-corrected chi connectivity index (χ2v) is 6.51. The third-order valence-electron chi connectivity index (χ3n) is 5.02. The molecule has 1 saturated carbocycles. The van der Waals surface area contributed by atoms with Crippen molar-refractivity contribution in [2.75, 3.05) is 19.8 Å². The third kappa shape index (κ3) is 3.18. The quantitative estimate of drug-likeness (QED) is 0.841. The lowest BCUT2D eigenvalue weighted by atomic mass is 9.78. The van der Waals surface area contributed by atoms with Crippen LogP contribution in [-0.4, -0.2) is 37.2 Å². The Hall–Kier alpha value is -0.450. The largest absolute Gasteiger partial charge is 0.381 e. The standard InChI is InChI=1S/C15H25NO3/c16-13(11-1-2-11)9-14(17)12-3-6-19-15(10-12)4-7-18-8-5-15/h11-13H,1-10,16H2. The summed E-state index contributed by atoms with van der Waals surface area (Å²) < 4.78 is 11.4. The highest BCUT2D eigenvalue weighted by Crippen LogP contribution is 2.39. The SMILES string of the molecule is NC(CC(=O)C1CCOC2(CCOCC2)C1)C1CC1. The maximum atomic E-state index is 12.4. The summed E-state index contributed by atoms with van der Waals surface area (Å²) in [6.45, 7) is 2.25. The van der Waals surface area contributed by atoms with E-state index in [1.165, 1.54) is 12.8 Å². The number of ketones is 1. The third-order valence-corrected chi connectivity index (χ3v) is 5.02. The van der Waals surface area contributed by atoms with Crippen molar-refractivity contribution >= 4 is 5.78 Å². The Bertz CT molecular complexity index is 329. The lowest BCUT2D eigenvalue weighted by Crippen LogP contribution is -2.46. The summed E-state index contributed by atoms with van der Waals surface area (Å²) >= 11 is 0. The fourth-order valence-corrected chi connectivity index (χ4v) is 3.48. The van der Waals surface area contributed by atoms with Gasteiger partial charge in [-0.25, -0.2) is 0 Å². The number of rotatable bonds is 4. The minimum atomic E-state index is -0.0828. The fourth-order valence-electron chi connectivity index (χ4n) is 3.48. The van der Waals surface area contributed by atoms with Crippen molar-refractivity contribution in [2.45, 2.75) is 56.6 Å². The van der Waals surface area contributed by atoms with Crippen molar-refractivity contribution < 1.29 is 14.3 Å². The second kappa shape index (κ2) is 5.51. The number of carbonyl (C=O) groups is 1. The summed E-state index contributed by atoms with van der Waals surface area (Å²) in [5, 5.41) is 0. The average molecular weight is 267 g/mol. The van der Waals surface area contributed by atoms with Crippen molar-refractivity contribution in [3.8, 4) is 0 Å². The van der Waals surface area contributed by atoms with Gasteiger partial charge in [-0.05, 0) is 44.4 Å². The molecule has 2 N–H and O–H groups in total. The van der Waals surface area contributed by atoms with Gasteiger partial charge in [-0.15, -0.1) is 0 Å². The van der Waals surface area contributed by atoms with Gasteiger partial charge in [0.25, 0.3) is 0 Å². The smallest absolute Gasteiger partial charge is 0.137 e. The molecule has 0 bridgehead atoms. The molecule has 2 unspecified atom stereocenters. The molecule has 3 fully saturated rings. The molecule has 2 aliphatic heterocycles. The predicted molar refractivity (Wildman–Crippen MR) is 71.8 cm³/mol. The van der Waals surface area contributed by atoms with E-state index in [1.807, 2.05) is 0 Å². The van der Waals surface area contributed by atoms with Crippen LogP contribution in [0.25, 0.3) is 0 Å². The molecule has 2 heterocycles. The van der Waals surface area contributed by atoms with Crippen molar-refractivity contribution in [1.82, 2.24) is 0 Å². The zero-order chi connectivity index (χ0) is 13.3. The molecule has 3 rings (SSSR count). The Kier molecular flexibility index (Phi) is 3.92. The van der Waals surface area contributed by atoms with Crippen molar-refractivity contribution in [1.29, 1.82) is 0 Å². The van der Waals surface area contributed by atoms with Crippen LogP contribution in [0, 0.1) is 11.8 Å². The normalized spacial score (nSPS) is 32.2. The fraction of sp³-hybridized carbons (Fsp3) is 0.933. The Labute approximate surface area is 115 Å². The molecule has 0 amide bonds. The van der Waals surface area contributed by atoms with Gasteiger partial charge in [0.15, 0.2) is 0 Å². The van der Waals surface area contributed by atoms with Gasteiger partial charge < -0.3 is 15.2 Å². The predicted octanol–water partition coefficient (Wildman–Crippen LogP) is 1.66. The summed E-state index contributed by atoms with van der Waals surface area (Å²) in [5.74, 6) is 1.14.